The molecule has 0 N–H and O–H groups in total. The zero-order valence-corrected chi connectivity index (χ0v) is 11.0. The van der Waals surface area contributed by atoms with E-state index in [0.717, 1.165) is 19.6 Å². The molecular formula is C15H23N. The number of hydrogen-bond acceptors (Lipinski definition) is 1. The summed E-state index contributed by atoms with van der Waals surface area (Å²) in [6.07, 6.45) is 1.17. The molecule has 0 saturated heterocycles. The normalized spacial score (nSPS) is 16.5. The van der Waals surface area contributed by atoms with Crippen LogP contribution in [0.4, 0.5) is 0 Å². The Morgan fingerprint density at radius 1 is 1.12 bits per heavy atom. The Labute approximate surface area is 99.5 Å². The van der Waals surface area contributed by atoms with Gasteiger partial charge in [0.05, 0.1) is 0 Å². The Hall–Kier alpha value is -0.820. The highest BCUT2D eigenvalue weighted by Gasteiger charge is 2.18. The van der Waals surface area contributed by atoms with Gasteiger partial charge in [-0.15, -0.1) is 0 Å². The van der Waals surface area contributed by atoms with Gasteiger partial charge in [-0.3, -0.25) is 4.90 Å². The molecule has 0 saturated carbocycles. The van der Waals surface area contributed by atoms with Crippen LogP contribution in [0.15, 0.2) is 18.2 Å². The highest BCUT2D eigenvalue weighted by molar-refractivity contribution is 5.35. The van der Waals surface area contributed by atoms with Gasteiger partial charge in [-0.05, 0) is 35.1 Å². The molecule has 1 aromatic carbocycles. The average Bonchev–Trinajstić information content (AvgIpc) is 2.57. The summed E-state index contributed by atoms with van der Waals surface area (Å²) in [6, 6.07) is 7.05. The van der Waals surface area contributed by atoms with Crippen LogP contribution in [0, 0.1) is 5.41 Å². The van der Waals surface area contributed by atoms with Crippen molar-refractivity contribution in [3.8, 4) is 0 Å². The molecule has 1 heterocycles. The van der Waals surface area contributed by atoms with Gasteiger partial charge >= 0.3 is 0 Å². The molecule has 1 heteroatoms. The van der Waals surface area contributed by atoms with Crippen LogP contribution in [0.3, 0.4) is 0 Å². The van der Waals surface area contributed by atoms with E-state index in [1.54, 1.807) is 5.56 Å². The Morgan fingerprint density at radius 3 is 2.44 bits per heavy atom. The zero-order valence-electron chi connectivity index (χ0n) is 11.0. The summed E-state index contributed by atoms with van der Waals surface area (Å²) in [5.74, 6) is 0. The Morgan fingerprint density at radius 2 is 1.81 bits per heavy atom. The molecule has 1 nitrogen and oxygen atoms in total. The first-order chi connectivity index (χ1) is 7.48. The van der Waals surface area contributed by atoms with Gasteiger partial charge in [-0.1, -0.05) is 45.9 Å². The minimum Gasteiger partial charge on any atom is -0.295 e. The van der Waals surface area contributed by atoms with Crippen molar-refractivity contribution in [1.82, 2.24) is 4.90 Å². The molecule has 0 amide bonds. The van der Waals surface area contributed by atoms with Gasteiger partial charge in [0, 0.05) is 13.1 Å². The second kappa shape index (κ2) is 4.21. The Kier molecular flexibility index (Phi) is 3.07. The summed E-state index contributed by atoms with van der Waals surface area (Å²) in [4.78, 5) is 2.49. The lowest BCUT2D eigenvalue weighted by molar-refractivity contribution is 0.301. The molecule has 0 unspecified atom stereocenters. The van der Waals surface area contributed by atoms with E-state index in [2.05, 4.69) is 50.8 Å². The Bertz CT molecular complexity index is 374. The first-order valence-corrected chi connectivity index (χ1v) is 6.31. The van der Waals surface area contributed by atoms with Gasteiger partial charge in [0.25, 0.3) is 0 Å². The molecule has 1 aromatic rings. The van der Waals surface area contributed by atoms with Crippen molar-refractivity contribution in [3.05, 3.63) is 34.9 Å². The van der Waals surface area contributed by atoms with Crippen LogP contribution < -0.4 is 0 Å². The summed E-state index contributed by atoms with van der Waals surface area (Å²) in [5.41, 5.74) is 4.95. The molecule has 0 bridgehead atoms. The topological polar surface area (TPSA) is 3.24 Å². The second-order valence-corrected chi connectivity index (χ2v) is 6.14. The van der Waals surface area contributed by atoms with Crippen molar-refractivity contribution < 1.29 is 0 Å². The van der Waals surface area contributed by atoms with Crippen molar-refractivity contribution in [2.45, 2.75) is 47.2 Å². The molecule has 0 atom stereocenters. The van der Waals surface area contributed by atoms with E-state index in [0.29, 0.717) is 5.41 Å². The monoisotopic (exact) mass is 217 g/mol. The van der Waals surface area contributed by atoms with E-state index < -0.39 is 0 Å². The van der Waals surface area contributed by atoms with Gasteiger partial charge in [-0.2, -0.15) is 0 Å². The second-order valence-electron chi connectivity index (χ2n) is 6.14. The molecular weight excluding hydrogens is 194 g/mol. The predicted molar refractivity (Wildman–Crippen MR) is 69.4 cm³/mol. The molecule has 0 fully saturated rings. The van der Waals surface area contributed by atoms with Crippen LogP contribution in [0.5, 0.6) is 0 Å². The lowest BCUT2D eigenvalue weighted by Gasteiger charge is -2.18. The third kappa shape index (κ3) is 2.65. The van der Waals surface area contributed by atoms with Gasteiger partial charge in [0.15, 0.2) is 0 Å². The highest BCUT2D eigenvalue weighted by atomic mass is 15.1. The molecule has 88 valence electrons. The van der Waals surface area contributed by atoms with Crippen LogP contribution in [-0.2, 0) is 19.5 Å². The third-order valence-electron chi connectivity index (χ3n) is 3.24. The van der Waals surface area contributed by atoms with E-state index in [9.17, 15) is 0 Å². The van der Waals surface area contributed by atoms with Crippen LogP contribution in [0.1, 0.15) is 44.4 Å². The first kappa shape index (κ1) is 11.7. The Balaban J connectivity index is 2.16. The lowest BCUT2D eigenvalue weighted by Crippen LogP contribution is -2.14. The maximum atomic E-state index is 2.49. The maximum absolute atomic E-state index is 2.49. The number of nitrogens with zero attached hydrogens (tertiary/aromatic N) is 1. The van der Waals surface area contributed by atoms with Crippen molar-refractivity contribution in [3.63, 3.8) is 0 Å². The van der Waals surface area contributed by atoms with Crippen molar-refractivity contribution in [2.75, 3.05) is 6.54 Å². The SMILES string of the molecule is CCN1Cc2ccc(CC(C)(C)C)cc2C1. The first-order valence-electron chi connectivity index (χ1n) is 6.31. The van der Waals surface area contributed by atoms with E-state index >= 15 is 0 Å². The minimum atomic E-state index is 0.386. The average molecular weight is 217 g/mol. The standard InChI is InChI=1S/C15H23N/c1-5-16-10-13-7-6-12(8-14(13)11-16)9-15(2,3)4/h6-8H,5,9-11H2,1-4H3. The quantitative estimate of drug-likeness (QED) is 0.731. The summed E-state index contributed by atoms with van der Waals surface area (Å²) in [7, 11) is 0. The smallest absolute Gasteiger partial charge is 0.0240 e. The van der Waals surface area contributed by atoms with Gasteiger partial charge in [0.2, 0.25) is 0 Å². The number of hydrogen-bond donors (Lipinski definition) is 0. The fourth-order valence-electron chi connectivity index (χ4n) is 2.46. The van der Waals surface area contributed by atoms with E-state index in [-0.39, 0.29) is 0 Å². The largest absolute Gasteiger partial charge is 0.295 e. The molecule has 0 aliphatic carbocycles. The fraction of sp³-hybridized carbons (Fsp3) is 0.600. The fourth-order valence-corrected chi connectivity index (χ4v) is 2.46. The van der Waals surface area contributed by atoms with E-state index in [4.69, 9.17) is 0 Å². The van der Waals surface area contributed by atoms with Crippen LogP contribution in [0.2, 0.25) is 0 Å². The molecule has 1 aliphatic heterocycles. The van der Waals surface area contributed by atoms with Crippen molar-refractivity contribution >= 4 is 0 Å². The van der Waals surface area contributed by atoms with E-state index in [1.165, 1.54) is 17.5 Å². The zero-order chi connectivity index (χ0) is 11.8. The summed E-state index contributed by atoms with van der Waals surface area (Å²) < 4.78 is 0. The molecule has 1 aliphatic rings. The van der Waals surface area contributed by atoms with Gasteiger partial charge < -0.3 is 0 Å². The van der Waals surface area contributed by atoms with Gasteiger partial charge in [-0.25, -0.2) is 0 Å². The highest BCUT2D eigenvalue weighted by Crippen LogP contribution is 2.27. The van der Waals surface area contributed by atoms with Crippen molar-refractivity contribution in [1.29, 1.82) is 0 Å². The summed E-state index contributed by atoms with van der Waals surface area (Å²) in [6.45, 7) is 12.6. The molecule has 16 heavy (non-hydrogen) atoms. The maximum Gasteiger partial charge on any atom is 0.0240 e. The predicted octanol–water partition coefficient (Wildman–Crippen LogP) is 3.61. The molecule has 0 spiro atoms. The van der Waals surface area contributed by atoms with Crippen LogP contribution in [-0.4, -0.2) is 11.4 Å². The third-order valence-corrected chi connectivity index (χ3v) is 3.24. The summed E-state index contributed by atoms with van der Waals surface area (Å²) in [5, 5.41) is 0. The molecule has 0 radical (unpaired) electrons. The van der Waals surface area contributed by atoms with Crippen LogP contribution >= 0.6 is 0 Å². The number of benzene rings is 1. The van der Waals surface area contributed by atoms with Gasteiger partial charge in [0.1, 0.15) is 0 Å². The van der Waals surface area contributed by atoms with Crippen LogP contribution in [0.25, 0.3) is 0 Å². The number of fused-ring (bicyclic) bond motifs is 1. The lowest BCUT2D eigenvalue weighted by atomic mass is 9.87. The minimum absolute atomic E-state index is 0.386. The number of rotatable bonds is 2. The van der Waals surface area contributed by atoms with Crippen molar-refractivity contribution in [2.24, 2.45) is 5.41 Å². The molecule has 0 aromatic heterocycles. The molecule has 2 rings (SSSR count). The summed E-state index contributed by atoms with van der Waals surface area (Å²) >= 11 is 0. The van der Waals surface area contributed by atoms with E-state index in [1.807, 2.05) is 0 Å².